The molecule has 0 spiro atoms. The molecule has 50 heavy (non-hydrogen) atoms. The molecule has 4 atom stereocenters. The number of rotatable bonds is 12. The van der Waals surface area contributed by atoms with Gasteiger partial charge in [0.2, 0.25) is 17.6 Å². The Kier molecular flexibility index (Phi) is 14.2. The summed E-state index contributed by atoms with van der Waals surface area (Å²) in [4.78, 5) is 81.5. The van der Waals surface area contributed by atoms with E-state index in [1.54, 1.807) is 20.8 Å². The Balaban J connectivity index is 0.00000126. The maximum Gasteiger partial charge on any atom is 0.325 e. The Morgan fingerprint density at radius 3 is 2.02 bits per heavy atom. The number of nitrogens with one attached hydrogen (secondary N) is 4. The molecule has 6 N–H and O–H groups in total. The number of fused-ring (bicyclic) bond motifs is 1. The van der Waals surface area contributed by atoms with Gasteiger partial charge in [0.1, 0.15) is 24.2 Å². The van der Waals surface area contributed by atoms with E-state index in [0.29, 0.717) is 18.3 Å². The Morgan fingerprint density at radius 1 is 0.960 bits per heavy atom. The van der Waals surface area contributed by atoms with Crippen molar-refractivity contribution in [1.82, 2.24) is 25.7 Å². The van der Waals surface area contributed by atoms with Crippen LogP contribution in [0.2, 0.25) is 0 Å². The van der Waals surface area contributed by atoms with Crippen molar-refractivity contribution < 1.29 is 33.5 Å². The number of benzene rings is 1. The fourth-order valence-electron chi connectivity index (χ4n) is 6.25. The van der Waals surface area contributed by atoms with Crippen LogP contribution in [0.3, 0.4) is 0 Å². The van der Waals surface area contributed by atoms with Crippen LogP contribution in [0.1, 0.15) is 91.7 Å². The predicted octanol–water partition coefficient (Wildman–Crippen LogP) is 2.91. The molecule has 0 aromatic heterocycles. The van der Waals surface area contributed by atoms with E-state index in [1.165, 1.54) is 4.90 Å². The van der Waals surface area contributed by atoms with Crippen LogP contribution in [0.15, 0.2) is 24.3 Å². The Bertz CT molecular complexity index is 1370. The van der Waals surface area contributed by atoms with E-state index in [9.17, 15) is 28.8 Å². The van der Waals surface area contributed by atoms with Gasteiger partial charge < -0.3 is 31.3 Å². The molecule has 5 amide bonds. The van der Waals surface area contributed by atoms with Crippen molar-refractivity contribution in [3.8, 4) is 0 Å². The number of ether oxygens (including phenoxy) is 1. The topological polar surface area (TPSA) is 189 Å². The number of likely N-dealkylation sites (tertiary alicyclic amines) is 1. The quantitative estimate of drug-likeness (QED) is 0.124. The van der Waals surface area contributed by atoms with E-state index in [1.807, 2.05) is 24.3 Å². The minimum Gasteiger partial charge on any atom is -0.459 e. The van der Waals surface area contributed by atoms with Crippen molar-refractivity contribution in [3.63, 3.8) is 0 Å². The minimum absolute atomic E-state index is 0.0643. The molecule has 14 heteroatoms. The SMILES string of the molecule is CC(C)(C)C.CC(C)(C)OC(=O)CNC(=O)NC(C(=O)N1CC(NCl)CC1C(=O)NC(CC1CCC1)C(=O)C(N)=O)C1Cc2ccccc2C1. The van der Waals surface area contributed by atoms with E-state index in [2.05, 4.69) is 48.5 Å². The molecule has 4 rings (SSSR count). The van der Waals surface area contributed by atoms with Gasteiger partial charge in [0.05, 0.1) is 6.04 Å². The number of carbonyl (C=O) groups is 6. The van der Waals surface area contributed by atoms with Gasteiger partial charge in [-0.2, -0.15) is 0 Å². The lowest BCUT2D eigenvalue weighted by atomic mass is 9.80. The second-order valence-corrected chi connectivity index (χ2v) is 16.4. The summed E-state index contributed by atoms with van der Waals surface area (Å²) in [5.74, 6) is -3.93. The summed E-state index contributed by atoms with van der Waals surface area (Å²) in [6.45, 7) is 13.5. The van der Waals surface area contributed by atoms with Crippen LogP contribution < -0.4 is 26.5 Å². The first kappa shape index (κ1) is 40.7. The Labute approximate surface area is 300 Å². The smallest absolute Gasteiger partial charge is 0.325 e. The molecular formula is C36H55ClN6O7. The third kappa shape index (κ3) is 12.6. The fraction of sp³-hybridized carbons (Fsp3) is 0.667. The van der Waals surface area contributed by atoms with Gasteiger partial charge in [-0.15, -0.1) is 0 Å². The summed E-state index contributed by atoms with van der Waals surface area (Å²) >= 11 is 5.95. The van der Waals surface area contributed by atoms with Gasteiger partial charge >= 0.3 is 12.0 Å². The summed E-state index contributed by atoms with van der Waals surface area (Å²) in [6, 6.07) is 3.37. The lowest BCUT2D eigenvalue weighted by Gasteiger charge is -2.33. The zero-order valence-corrected chi connectivity index (χ0v) is 31.2. The molecule has 0 bridgehead atoms. The first-order valence-electron chi connectivity index (χ1n) is 17.4. The molecule has 4 unspecified atom stereocenters. The van der Waals surface area contributed by atoms with E-state index in [0.717, 1.165) is 30.4 Å². The maximum absolute atomic E-state index is 14.3. The highest BCUT2D eigenvalue weighted by molar-refractivity contribution is 6.37. The average Bonchev–Trinajstić information content (AvgIpc) is 3.62. The number of nitrogens with two attached hydrogens (primary N) is 1. The molecule has 1 aromatic carbocycles. The Morgan fingerprint density at radius 2 is 1.54 bits per heavy atom. The molecule has 2 aliphatic carbocycles. The molecule has 2 fully saturated rings. The number of halogens is 1. The Hall–Kier alpha value is -3.71. The van der Waals surface area contributed by atoms with Crippen LogP contribution in [0.5, 0.6) is 0 Å². The first-order valence-corrected chi connectivity index (χ1v) is 17.8. The second kappa shape index (κ2) is 17.5. The molecular weight excluding hydrogens is 664 g/mol. The number of hydrogen-bond donors (Lipinski definition) is 5. The van der Waals surface area contributed by atoms with Crippen LogP contribution in [0, 0.1) is 17.3 Å². The lowest BCUT2D eigenvalue weighted by Crippen LogP contribution is -2.59. The molecule has 278 valence electrons. The summed E-state index contributed by atoms with van der Waals surface area (Å²) < 4.78 is 5.25. The third-order valence-corrected chi connectivity index (χ3v) is 8.94. The number of nitrogens with zero attached hydrogens (tertiary/aromatic N) is 1. The van der Waals surface area contributed by atoms with Gasteiger partial charge in [0.15, 0.2) is 0 Å². The normalized spacial score (nSPS) is 20.3. The highest BCUT2D eigenvalue weighted by Crippen LogP contribution is 2.32. The fourth-order valence-corrected chi connectivity index (χ4v) is 6.41. The standard InChI is InChI=1S/C31H43ClN6O7.C5H12/c1-31(2,3)45-24(39)15-34-30(44)36-25(20-12-18-9-4-5-10-19(18)13-20)29(43)38-16-21(37-32)14-23(38)28(42)35-22(26(40)27(33)41)11-17-7-6-8-17;1-5(2,3)4/h4-5,9-10,17,20-23,25,37H,6-8,11-16H2,1-3H3,(H2,33,41)(H,35,42)(H2,34,36,44);1-4H3. The van der Waals surface area contributed by atoms with Crippen molar-refractivity contribution in [2.24, 2.45) is 23.0 Å². The molecule has 1 aromatic rings. The number of urea groups is 1. The lowest BCUT2D eigenvalue weighted by molar-refractivity contribution is -0.153. The highest BCUT2D eigenvalue weighted by Gasteiger charge is 2.46. The molecule has 13 nitrogen and oxygen atoms in total. The first-order chi connectivity index (χ1) is 23.3. The van der Waals surface area contributed by atoms with E-state index in [-0.39, 0.29) is 31.2 Å². The maximum atomic E-state index is 14.3. The number of ketones is 1. The van der Waals surface area contributed by atoms with Gasteiger partial charge in [0.25, 0.3) is 5.91 Å². The van der Waals surface area contributed by atoms with Crippen LogP contribution in [-0.2, 0) is 41.6 Å². The van der Waals surface area contributed by atoms with E-state index >= 15 is 0 Å². The largest absolute Gasteiger partial charge is 0.459 e. The summed E-state index contributed by atoms with van der Waals surface area (Å²) in [7, 11) is 0. The minimum atomic E-state index is -1.14. The van der Waals surface area contributed by atoms with Crippen molar-refractivity contribution >= 4 is 47.3 Å². The zero-order chi connectivity index (χ0) is 37.4. The van der Waals surface area contributed by atoms with E-state index in [4.69, 9.17) is 22.2 Å². The third-order valence-electron chi connectivity index (χ3n) is 8.63. The molecule has 1 saturated heterocycles. The van der Waals surface area contributed by atoms with Crippen LogP contribution >= 0.6 is 11.8 Å². The molecule has 0 radical (unpaired) electrons. The van der Waals surface area contributed by atoms with Gasteiger partial charge in [-0.3, -0.25) is 24.0 Å². The second-order valence-electron chi connectivity index (χ2n) is 16.2. The number of amides is 5. The molecule has 3 aliphatic rings. The van der Waals surface area contributed by atoms with Crippen molar-refractivity contribution in [2.75, 3.05) is 13.1 Å². The van der Waals surface area contributed by atoms with Gasteiger partial charge in [-0.1, -0.05) is 71.2 Å². The average molecular weight is 719 g/mol. The monoisotopic (exact) mass is 718 g/mol. The van der Waals surface area contributed by atoms with Crippen LogP contribution in [0.4, 0.5) is 4.79 Å². The summed E-state index contributed by atoms with van der Waals surface area (Å²) in [5, 5.41) is 7.89. The number of carbonyl (C=O) groups excluding carboxylic acids is 6. The predicted molar refractivity (Wildman–Crippen MR) is 190 cm³/mol. The van der Waals surface area contributed by atoms with E-state index < -0.39 is 71.8 Å². The summed E-state index contributed by atoms with van der Waals surface area (Å²) in [5.41, 5.74) is 7.15. The van der Waals surface area contributed by atoms with Crippen molar-refractivity contribution in [1.29, 1.82) is 0 Å². The van der Waals surface area contributed by atoms with Crippen LogP contribution in [0.25, 0.3) is 0 Å². The molecule has 1 saturated carbocycles. The number of hydrogen-bond acceptors (Lipinski definition) is 8. The zero-order valence-electron chi connectivity index (χ0n) is 30.4. The molecule has 1 heterocycles. The van der Waals surface area contributed by atoms with Gasteiger partial charge in [0, 0.05) is 12.6 Å². The van der Waals surface area contributed by atoms with Crippen LogP contribution in [-0.4, -0.2) is 83.3 Å². The number of primary amides is 1. The van der Waals surface area contributed by atoms with Gasteiger partial charge in [-0.05, 0) is 86.6 Å². The number of esters is 1. The van der Waals surface area contributed by atoms with Gasteiger partial charge in [-0.25, -0.2) is 9.63 Å². The highest BCUT2D eigenvalue weighted by atomic mass is 35.5. The molecule has 1 aliphatic heterocycles. The van der Waals surface area contributed by atoms with Crippen molar-refractivity contribution in [2.45, 2.75) is 123 Å². The number of Topliss-reactive ketones (excluding diaryl/α,β-unsaturated/α-hetero) is 1. The van der Waals surface area contributed by atoms with Crippen molar-refractivity contribution in [3.05, 3.63) is 35.4 Å². The summed E-state index contributed by atoms with van der Waals surface area (Å²) in [6.07, 6.45) is 4.23.